The maximum atomic E-state index is 12.3. The van der Waals surface area contributed by atoms with Crippen molar-refractivity contribution in [3.63, 3.8) is 0 Å². The lowest BCUT2D eigenvalue weighted by Crippen LogP contribution is -2.29. The zero-order valence-corrected chi connectivity index (χ0v) is 15.6. The van der Waals surface area contributed by atoms with Gasteiger partial charge in [0.05, 0.1) is 36.1 Å². The van der Waals surface area contributed by atoms with Gasteiger partial charge in [-0.25, -0.2) is 9.67 Å². The van der Waals surface area contributed by atoms with Crippen LogP contribution in [0.4, 0.5) is 0 Å². The van der Waals surface area contributed by atoms with Crippen molar-refractivity contribution in [3.05, 3.63) is 71.1 Å². The van der Waals surface area contributed by atoms with E-state index in [2.05, 4.69) is 52.4 Å². The number of aromatic nitrogens is 4. The monoisotopic (exact) mass is 361 g/mol. The fourth-order valence-corrected chi connectivity index (χ4v) is 3.62. The zero-order chi connectivity index (χ0) is 18.8. The van der Waals surface area contributed by atoms with Gasteiger partial charge in [-0.2, -0.15) is 5.10 Å². The molecular formula is C21H23N5O. The van der Waals surface area contributed by atoms with E-state index in [-0.39, 0.29) is 11.9 Å². The molecule has 0 fully saturated rings. The molecule has 0 spiro atoms. The van der Waals surface area contributed by atoms with Gasteiger partial charge in [0.15, 0.2) is 0 Å². The van der Waals surface area contributed by atoms with E-state index in [0.29, 0.717) is 0 Å². The Bertz CT molecular complexity index is 984. The molecule has 2 heterocycles. The van der Waals surface area contributed by atoms with E-state index in [1.807, 2.05) is 10.9 Å². The smallest absolute Gasteiger partial charge is 0.244 e. The van der Waals surface area contributed by atoms with Crippen LogP contribution in [0.3, 0.4) is 0 Å². The van der Waals surface area contributed by atoms with Gasteiger partial charge in [-0.15, -0.1) is 0 Å². The Morgan fingerprint density at radius 2 is 2.22 bits per heavy atom. The Morgan fingerprint density at radius 1 is 1.33 bits per heavy atom. The third-order valence-electron chi connectivity index (χ3n) is 5.24. The summed E-state index contributed by atoms with van der Waals surface area (Å²) in [6, 6.07) is 6.27. The normalized spacial score (nSPS) is 16.4. The molecule has 0 saturated carbocycles. The van der Waals surface area contributed by atoms with Crippen molar-refractivity contribution in [2.45, 2.75) is 39.2 Å². The van der Waals surface area contributed by atoms with Gasteiger partial charge in [0.1, 0.15) is 0 Å². The molecule has 6 heteroatoms. The topological polar surface area (TPSA) is 75.6 Å². The average molecular weight is 361 g/mol. The molecule has 2 N–H and O–H groups in total. The highest BCUT2D eigenvalue weighted by atomic mass is 16.1. The van der Waals surface area contributed by atoms with E-state index in [1.54, 1.807) is 18.6 Å². The summed E-state index contributed by atoms with van der Waals surface area (Å²) in [6.45, 7) is 4.24. The van der Waals surface area contributed by atoms with Crippen LogP contribution in [0.5, 0.6) is 0 Å². The first-order chi connectivity index (χ1) is 13.1. The lowest BCUT2D eigenvalue weighted by atomic mass is 9.92. The summed E-state index contributed by atoms with van der Waals surface area (Å²) in [4.78, 5) is 19.2. The highest BCUT2D eigenvalue weighted by Gasteiger charge is 2.26. The first-order valence-corrected chi connectivity index (χ1v) is 9.24. The quantitative estimate of drug-likeness (QED) is 0.699. The summed E-state index contributed by atoms with van der Waals surface area (Å²) in [5.74, 6) is -0.109. The number of nitrogens with zero attached hydrogens (tertiary/aromatic N) is 3. The summed E-state index contributed by atoms with van der Waals surface area (Å²) < 4.78 is 2.04. The second kappa shape index (κ2) is 7.23. The van der Waals surface area contributed by atoms with Gasteiger partial charge in [-0.05, 0) is 56.4 Å². The maximum Gasteiger partial charge on any atom is 0.244 e. The molecule has 6 nitrogen and oxygen atoms in total. The number of carbonyl (C=O) groups is 1. The minimum Gasteiger partial charge on any atom is -0.346 e. The van der Waals surface area contributed by atoms with Crippen LogP contribution in [0, 0.1) is 13.8 Å². The van der Waals surface area contributed by atoms with Crippen LogP contribution in [0.1, 0.15) is 47.0 Å². The minimum atomic E-state index is -0.109. The lowest BCUT2D eigenvalue weighted by Gasteiger charge is -2.24. The highest BCUT2D eigenvalue weighted by Crippen LogP contribution is 2.32. The number of hydrogen-bond acceptors (Lipinski definition) is 3. The van der Waals surface area contributed by atoms with Gasteiger partial charge in [0.25, 0.3) is 0 Å². The maximum absolute atomic E-state index is 12.3. The number of rotatable bonds is 4. The van der Waals surface area contributed by atoms with Crippen LogP contribution in [0.15, 0.2) is 43.0 Å². The third kappa shape index (κ3) is 3.43. The molecule has 1 aromatic carbocycles. The van der Waals surface area contributed by atoms with Gasteiger partial charge < -0.3 is 10.3 Å². The fourth-order valence-electron chi connectivity index (χ4n) is 3.62. The predicted octanol–water partition coefficient (Wildman–Crippen LogP) is 3.42. The van der Waals surface area contributed by atoms with E-state index in [9.17, 15) is 4.79 Å². The van der Waals surface area contributed by atoms with Crippen molar-refractivity contribution in [1.29, 1.82) is 0 Å². The Morgan fingerprint density at radius 3 is 3.04 bits per heavy atom. The molecule has 3 aromatic rings. The largest absolute Gasteiger partial charge is 0.346 e. The van der Waals surface area contributed by atoms with Crippen molar-refractivity contribution < 1.29 is 4.79 Å². The fraction of sp³-hybridized carbons (Fsp3) is 0.286. The van der Waals surface area contributed by atoms with Crippen molar-refractivity contribution in [3.8, 4) is 5.69 Å². The molecule has 0 bridgehead atoms. The average Bonchev–Trinajstić information content (AvgIpc) is 3.33. The molecule has 4 rings (SSSR count). The molecule has 1 unspecified atom stereocenters. The van der Waals surface area contributed by atoms with E-state index < -0.39 is 0 Å². The molecule has 1 aliphatic rings. The standard InChI is InChI=1S/C21H23N5O/c1-14-5-3-7-19(15(14)2)26-20-8-4-6-18(17(20)12-24-26)25-21(27)10-9-16-11-22-13-23-16/h3,5,7,9-13,18H,4,6,8H2,1-2H3,(H,22,23)(H,25,27)/b10-9+. The van der Waals surface area contributed by atoms with Crippen LogP contribution in [-0.4, -0.2) is 25.7 Å². The second-order valence-corrected chi connectivity index (χ2v) is 6.97. The van der Waals surface area contributed by atoms with Gasteiger partial charge in [-0.3, -0.25) is 4.79 Å². The molecule has 1 atom stereocenters. The van der Waals surface area contributed by atoms with Crippen molar-refractivity contribution >= 4 is 12.0 Å². The summed E-state index contributed by atoms with van der Waals surface area (Å²) in [7, 11) is 0. The van der Waals surface area contributed by atoms with Gasteiger partial charge in [-0.1, -0.05) is 12.1 Å². The van der Waals surface area contributed by atoms with Crippen molar-refractivity contribution in [2.75, 3.05) is 0 Å². The lowest BCUT2D eigenvalue weighted by molar-refractivity contribution is -0.117. The number of fused-ring (bicyclic) bond motifs is 1. The molecule has 0 aliphatic heterocycles. The molecule has 2 aromatic heterocycles. The summed E-state index contributed by atoms with van der Waals surface area (Å²) in [5, 5.41) is 7.76. The zero-order valence-electron chi connectivity index (χ0n) is 15.6. The van der Waals surface area contributed by atoms with Crippen molar-refractivity contribution in [1.82, 2.24) is 25.1 Å². The van der Waals surface area contributed by atoms with E-state index in [4.69, 9.17) is 0 Å². The van der Waals surface area contributed by atoms with Crippen LogP contribution in [-0.2, 0) is 11.2 Å². The Kier molecular flexibility index (Phi) is 4.62. The third-order valence-corrected chi connectivity index (χ3v) is 5.24. The Hall–Kier alpha value is -3.15. The van der Waals surface area contributed by atoms with Crippen molar-refractivity contribution in [2.24, 2.45) is 0 Å². The summed E-state index contributed by atoms with van der Waals surface area (Å²) in [5.41, 5.74) is 6.71. The predicted molar refractivity (Wildman–Crippen MR) is 104 cm³/mol. The number of H-pyrrole nitrogens is 1. The number of benzene rings is 1. The second-order valence-electron chi connectivity index (χ2n) is 6.97. The first-order valence-electron chi connectivity index (χ1n) is 9.24. The molecule has 1 aliphatic carbocycles. The number of carbonyl (C=O) groups excluding carboxylic acids is 1. The molecular weight excluding hydrogens is 338 g/mol. The molecule has 27 heavy (non-hydrogen) atoms. The summed E-state index contributed by atoms with van der Waals surface area (Å²) in [6.07, 6.45) is 11.4. The van der Waals surface area contributed by atoms with Gasteiger partial charge in [0.2, 0.25) is 5.91 Å². The minimum absolute atomic E-state index is 0.00784. The number of hydrogen-bond donors (Lipinski definition) is 2. The van der Waals surface area contributed by atoms with E-state index in [1.165, 1.54) is 22.9 Å². The van der Waals surface area contributed by atoms with Crippen LogP contribution >= 0.6 is 0 Å². The van der Waals surface area contributed by atoms with Gasteiger partial charge >= 0.3 is 0 Å². The molecule has 138 valence electrons. The van der Waals surface area contributed by atoms with E-state index in [0.717, 1.165) is 36.2 Å². The molecule has 0 radical (unpaired) electrons. The number of aryl methyl sites for hydroxylation is 1. The number of nitrogens with one attached hydrogen (secondary N) is 2. The van der Waals surface area contributed by atoms with Gasteiger partial charge in [0, 0.05) is 17.3 Å². The van der Waals surface area contributed by atoms with Crippen LogP contribution in [0.2, 0.25) is 0 Å². The van der Waals surface area contributed by atoms with E-state index >= 15 is 0 Å². The Labute approximate surface area is 158 Å². The number of aromatic amines is 1. The SMILES string of the molecule is Cc1cccc(-n2ncc3c2CCCC3NC(=O)/C=C/c2cnc[nH]2)c1C. The van der Waals surface area contributed by atoms with Crippen LogP contribution in [0.25, 0.3) is 11.8 Å². The van der Waals surface area contributed by atoms with Crippen LogP contribution < -0.4 is 5.32 Å². The number of amides is 1. The first kappa shape index (κ1) is 17.3. The molecule has 0 saturated heterocycles. The Balaban J connectivity index is 1.57. The summed E-state index contributed by atoms with van der Waals surface area (Å²) >= 11 is 0. The highest BCUT2D eigenvalue weighted by molar-refractivity contribution is 5.91. The number of imidazole rings is 1. The molecule has 1 amide bonds.